The monoisotopic (exact) mass is 422 g/mol. The van der Waals surface area contributed by atoms with E-state index in [4.69, 9.17) is 4.74 Å². The van der Waals surface area contributed by atoms with Crippen molar-refractivity contribution in [2.45, 2.75) is 18.7 Å². The molecule has 4 rings (SSSR count). The van der Waals surface area contributed by atoms with Gasteiger partial charge in [-0.15, -0.1) is 0 Å². The first-order chi connectivity index (χ1) is 14.3. The van der Waals surface area contributed by atoms with Gasteiger partial charge in [-0.1, -0.05) is 5.16 Å². The van der Waals surface area contributed by atoms with Gasteiger partial charge in [0.15, 0.2) is 0 Å². The molecule has 3 aromatic rings. The number of alkyl halides is 3. The predicted molar refractivity (Wildman–Crippen MR) is 93.9 cm³/mol. The van der Waals surface area contributed by atoms with E-state index in [1.807, 2.05) is 0 Å². The molecular weight excluding hydrogens is 408 g/mol. The van der Waals surface area contributed by atoms with Gasteiger partial charge in [0.05, 0.1) is 17.7 Å². The van der Waals surface area contributed by atoms with Crippen LogP contribution in [0, 0.1) is 5.82 Å². The van der Waals surface area contributed by atoms with E-state index in [2.05, 4.69) is 19.6 Å². The van der Waals surface area contributed by atoms with Crippen LogP contribution in [0.25, 0.3) is 11.4 Å². The summed E-state index contributed by atoms with van der Waals surface area (Å²) in [5.74, 6) is -2.92. The summed E-state index contributed by atoms with van der Waals surface area (Å²) >= 11 is 0. The van der Waals surface area contributed by atoms with Crippen molar-refractivity contribution in [2.24, 2.45) is 0 Å². The Morgan fingerprint density at radius 1 is 1.27 bits per heavy atom. The molecule has 30 heavy (non-hydrogen) atoms. The van der Waals surface area contributed by atoms with Gasteiger partial charge in [-0.2, -0.15) is 18.2 Å². The van der Waals surface area contributed by atoms with E-state index in [9.17, 15) is 22.4 Å². The van der Waals surface area contributed by atoms with Crippen LogP contribution in [-0.4, -0.2) is 45.1 Å². The number of hydrogen-bond acceptors (Lipinski definition) is 6. The second-order valence-electron chi connectivity index (χ2n) is 6.58. The zero-order chi connectivity index (χ0) is 21.3. The average Bonchev–Trinajstić information content (AvgIpc) is 3.38. The van der Waals surface area contributed by atoms with Crippen molar-refractivity contribution in [1.29, 1.82) is 0 Å². The van der Waals surface area contributed by atoms with Crippen molar-refractivity contribution >= 4 is 5.91 Å². The first-order valence-corrected chi connectivity index (χ1v) is 8.88. The quantitative estimate of drug-likeness (QED) is 0.598. The van der Waals surface area contributed by atoms with Crippen LogP contribution >= 0.6 is 0 Å². The number of carbonyl (C=O) groups excluding carboxylic acids is 1. The SMILES string of the molecule is O=C(c1cccnc1)N1CC[C@@H](Oc2ccc(-c3noc(C(F)(F)F)n3)c(F)c2)C1. The molecule has 7 nitrogen and oxygen atoms in total. The lowest BCUT2D eigenvalue weighted by Crippen LogP contribution is -2.31. The van der Waals surface area contributed by atoms with E-state index in [0.717, 1.165) is 6.07 Å². The van der Waals surface area contributed by atoms with Crippen molar-refractivity contribution in [3.63, 3.8) is 0 Å². The van der Waals surface area contributed by atoms with Gasteiger partial charge in [0, 0.05) is 31.4 Å². The fourth-order valence-electron chi connectivity index (χ4n) is 3.07. The van der Waals surface area contributed by atoms with E-state index in [-0.39, 0.29) is 23.3 Å². The van der Waals surface area contributed by atoms with Crippen LogP contribution in [0.4, 0.5) is 17.6 Å². The topological polar surface area (TPSA) is 81.4 Å². The maximum Gasteiger partial charge on any atom is 0.471 e. The van der Waals surface area contributed by atoms with Crippen LogP contribution < -0.4 is 4.74 Å². The molecule has 0 radical (unpaired) electrons. The fourth-order valence-corrected chi connectivity index (χ4v) is 3.07. The van der Waals surface area contributed by atoms with Crippen molar-refractivity contribution in [3.05, 3.63) is 60.0 Å². The summed E-state index contributed by atoms with van der Waals surface area (Å²) in [7, 11) is 0. The smallest absolute Gasteiger partial charge is 0.471 e. The molecule has 0 bridgehead atoms. The Labute approximate surface area is 167 Å². The number of benzene rings is 1. The number of nitrogens with zero attached hydrogens (tertiary/aromatic N) is 4. The summed E-state index contributed by atoms with van der Waals surface area (Å²) in [4.78, 5) is 21.1. The van der Waals surface area contributed by atoms with Crippen molar-refractivity contribution in [2.75, 3.05) is 13.1 Å². The van der Waals surface area contributed by atoms with Crippen LogP contribution in [0.5, 0.6) is 5.75 Å². The highest BCUT2D eigenvalue weighted by molar-refractivity contribution is 5.94. The van der Waals surface area contributed by atoms with Gasteiger partial charge in [0.2, 0.25) is 5.82 Å². The third-order valence-electron chi connectivity index (χ3n) is 4.49. The molecule has 1 saturated heterocycles. The second kappa shape index (κ2) is 7.73. The van der Waals surface area contributed by atoms with Crippen LogP contribution in [-0.2, 0) is 6.18 Å². The maximum atomic E-state index is 14.4. The highest BCUT2D eigenvalue weighted by Gasteiger charge is 2.38. The Hall–Kier alpha value is -3.50. The molecule has 3 heterocycles. The summed E-state index contributed by atoms with van der Waals surface area (Å²) in [6.45, 7) is 0.791. The van der Waals surface area contributed by atoms with Gasteiger partial charge in [-0.25, -0.2) is 4.39 Å². The fraction of sp³-hybridized carbons (Fsp3) is 0.263. The van der Waals surface area contributed by atoms with Crippen LogP contribution in [0.15, 0.2) is 47.2 Å². The third kappa shape index (κ3) is 4.09. The number of pyridine rings is 1. The zero-order valence-corrected chi connectivity index (χ0v) is 15.3. The predicted octanol–water partition coefficient (Wildman–Crippen LogP) is 3.58. The van der Waals surface area contributed by atoms with E-state index in [1.54, 1.807) is 23.2 Å². The Bertz CT molecular complexity index is 1060. The van der Waals surface area contributed by atoms with Gasteiger partial charge >= 0.3 is 12.1 Å². The normalized spacial score (nSPS) is 16.7. The molecule has 2 aromatic heterocycles. The van der Waals surface area contributed by atoms with Crippen molar-refractivity contribution < 1.29 is 31.6 Å². The molecule has 1 aliphatic rings. The molecular formula is C19H14F4N4O3. The number of rotatable bonds is 4. The number of amides is 1. The highest BCUT2D eigenvalue weighted by Crippen LogP contribution is 2.31. The molecule has 0 unspecified atom stereocenters. The molecule has 11 heteroatoms. The van der Waals surface area contributed by atoms with E-state index in [1.165, 1.54) is 18.3 Å². The van der Waals surface area contributed by atoms with Crippen molar-refractivity contribution in [1.82, 2.24) is 20.0 Å². The molecule has 1 aliphatic heterocycles. The molecule has 0 N–H and O–H groups in total. The first kappa shape index (κ1) is 19.8. The van der Waals surface area contributed by atoms with Gasteiger partial charge in [0.25, 0.3) is 5.91 Å². The third-order valence-corrected chi connectivity index (χ3v) is 4.49. The highest BCUT2D eigenvalue weighted by atomic mass is 19.4. The number of aromatic nitrogens is 3. The summed E-state index contributed by atoms with van der Waals surface area (Å²) in [5.41, 5.74) is 0.216. The summed E-state index contributed by atoms with van der Waals surface area (Å²) in [5, 5.41) is 3.17. The minimum atomic E-state index is -4.81. The van der Waals surface area contributed by atoms with E-state index in [0.29, 0.717) is 25.1 Å². The second-order valence-corrected chi connectivity index (χ2v) is 6.58. The largest absolute Gasteiger partial charge is 0.488 e. The van der Waals surface area contributed by atoms with Crippen molar-refractivity contribution in [3.8, 4) is 17.1 Å². The first-order valence-electron chi connectivity index (χ1n) is 8.88. The Morgan fingerprint density at radius 2 is 2.10 bits per heavy atom. The number of likely N-dealkylation sites (tertiary alicyclic amines) is 1. The van der Waals surface area contributed by atoms with E-state index >= 15 is 0 Å². The summed E-state index contributed by atoms with van der Waals surface area (Å²) < 4.78 is 61.9. The standard InChI is InChI=1S/C19H14F4N4O3/c20-15-8-12(3-4-14(15)16-25-18(30-26-16)19(21,22)23)29-13-5-7-27(10-13)17(28)11-2-1-6-24-9-11/h1-4,6,8-9,13H,5,7,10H2/t13-/m1/s1. The lowest BCUT2D eigenvalue weighted by atomic mass is 10.2. The zero-order valence-electron chi connectivity index (χ0n) is 15.3. The van der Waals surface area contributed by atoms with Gasteiger partial charge in [-0.3, -0.25) is 9.78 Å². The van der Waals surface area contributed by atoms with E-state index < -0.39 is 23.7 Å². The van der Waals surface area contributed by atoms with Gasteiger partial charge < -0.3 is 14.2 Å². The lowest BCUT2D eigenvalue weighted by molar-refractivity contribution is -0.159. The van der Waals surface area contributed by atoms with Gasteiger partial charge in [-0.05, 0) is 24.3 Å². The molecule has 156 valence electrons. The minimum absolute atomic E-state index is 0.173. The average molecular weight is 422 g/mol. The van der Waals surface area contributed by atoms with Crippen LogP contribution in [0.1, 0.15) is 22.7 Å². The summed E-state index contributed by atoms with van der Waals surface area (Å²) in [6.07, 6.45) is -1.56. The Balaban J connectivity index is 1.42. The molecule has 0 saturated carbocycles. The number of carbonyl (C=O) groups is 1. The minimum Gasteiger partial charge on any atom is -0.488 e. The molecule has 0 aliphatic carbocycles. The molecule has 0 spiro atoms. The molecule has 1 fully saturated rings. The molecule has 1 amide bonds. The summed E-state index contributed by atoms with van der Waals surface area (Å²) in [6, 6.07) is 6.98. The number of halogens is 4. The maximum absolute atomic E-state index is 14.4. The van der Waals surface area contributed by atoms with Crippen LogP contribution in [0.2, 0.25) is 0 Å². The lowest BCUT2D eigenvalue weighted by Gasteiger charge is -2.17. The van der Waals surface area contributed by atoms with Crippen LogP contribution in [0.3, 0.4) is 0 Å². The Morgan fingerprint density at radius 3 is 2.77 bits per heavy atom. The van der Waals surface area contributed by atoms with Gasteiger partial charge in [0.1, 0.15) is 17.7 Å². The molecule has 1 aromatic carbocycles. The molecule has 1 atom stereocenters. The number of hydrogen-bond donors (Lipinski definition) is 0. The Kier molecular flexibility index (Phi) is 5.10. The number of ether oxygens (including phenoxy) is 1.